The van der Waals surface area contributed by atoms with E-state index in [0.29, 0.717) is 5.92 Å². The molecule has 5 aromatic rings. The molecule has 0 bridgehead atoms. The van der Waals surface area contributed by atoms with Crippen molar-refractivity contribution in [3.63, 3.8) is 0 Å². The van der Waals surface area contributed by atoms with Crippen molar-refractivity contribution in [3.8, 4) is 0 Å². The SMILES string of the molecule is CCC(C)c1ccc(C(NN(c2ccccc2)c2ccccc2)(c2ccccc2)c2ccccc2)cc1. The molecule has 0 aliphatic rings. The van der Waals surface area contributed by atoms with Crippen LogP contribution >= 0.6 is 0 Å². The Morgan fingerprint density at radius 2 is 0.919 bits per heavy atom. The van der Waals surface area contributed by atoms with E-state index in [1.54, 1.807) is 0 Å². The first-order valence-electron chi connectivity index (χ1n) is 13.1. The zero-order valence-electron chi connectivity index (χ0n) is 21.6. The van der Waals surface area contributed by atoms with Crippen LogP contribution in [0.1, 0.15) is 48.4 Å². The summed E-state index contributed by atoms with van der Waals surface area (Å²) < 4.78 is 0. The van der Waals surface area contributed by atoms with Gasteiger partial charge in [0.05, 0.1) is 11.4 Å². The summed E-state index contributed by atoms with van der Waals surface area (Å²) >= 11 is 0. The van der Waals surface area contributed by atoms with Crippen molar-refractivity contribution in [2.75, 3.05) is 5.01 Å². The summed E-state index contributed by atoms with van der Waals surface area (Å²) in [7, 11) is 0. The standard InChI is InChI=1S/C35H34N2/c1-3-28(2)29-24-26-32(27-25-29)35(30-16-8-4-9-17-30,31-18-10-5-11-19-31)36-37(33-20-12-6-13-21-33)34-22-14-7-15-23-34/h4-28,36H,3H2,1-2H3. The molecule has 0 spiro atoms. The Bertz CT molecular complexity index is 1290. The van der Waals surface area contributed by atoms with Crippen molar-refractivity contribution < 1.29 is 0 Å². The maximum atomic E-state index is 4.05. The minimum Gasteiger partial charge on any atom is -0.276 e. The molecule has 184 valence electrons. The summed E-state index contributed by atoms with van der Waals surface area (Å²) in [5.74, 6) is 0.523. The van der Waals surface area contributed by atoms with E-state index < -0.39 is 5.54 Å². The van der Waals surface area contributed by atoms with Gasteiger partial charge >= 0.3 is 0 Å². The van der Waals surface area contributed by atoms with Crippen molar-refractivity contribution in [3.05, 3.63) is 168 Å². The Hall–Kier alpha value is -4.14. The second-order valence-corrected chi connectivity index (χ2v) is 9.53. The van der Waals surface area contributed by atoms with E-state index >= 15 is 0 Å². The number of hydrazine groups is 1. The molecular formula is C35H34N2. The molecule has 2 nitrogen and oxygen atoms in total. The molecule has 2 heteroatoms. The summed E-state index contributed by atoms with van der Waals surface area (Å²) in [4.78, 5) is 0. The largest absolute Gasteiger partial charge is 0.276 e. The van der Waals surface area contributed by atoms with Crippen LogP contribution in [0.2, 0.25) is 0 Å². The molecule has 0 amide bonds. The zero-order valence-corrected chi connectivity index (χ0v) is 21.6. The number of benzene rings is 5. The van der Waals surface area contributed by atoms with Gasteiger partial charge in [0.25, 0.3) is 0 Å². The third kappa shape index (κ3) is 5.07. The zero-order chi connectivity index (χ0) is 25.5. The third-order valence-electron chi connectivity index (χ3n) is 7.25. The number of hydrogen-bond acceptors (Lipinski definition) is 2. The average molecular weight is 483 g/mol. The lowest BCUT2D eigenvalue weighted by Crippen LogP contribution is -2.52. The van der Waals surface area contributed by atoms with E-state index in [-0.39, 0.29) is 0 Å². The van der Waals surface area contributed by atoms with Gasteiger partial charge in [-0.25, -0.2) is 5.43 Å². The monoisotopic (exact) mass is 482 g/mol. The molecule has 0 aliphatic heterocycles. The van der Waals surface area contributed by atoms with E-state index in [1.807, 2.05) is 0 Å². The second kappa shape index (κ2) is 11.3. The molecule has 1 unspecified atom stereocenters. The van der Waals surface area contributed by atoms with Gasteiger partial charge in [-0.3, -0.25) is 5.01 Å². The van der Waals surface area contributed by atoms with Gasteiger partial charge in [-0.15, -0.1) is 0 Å². The Labute approximate surface area is 221 Å². The van der Waals surface area contributed by atoms with Gasteiger partial charge in [0.15, 0.2) is 0 Å². The van der Waals surface area contributed by atoms with Gasteiger partial charge in [0.1, 0.15) is 5.54 Å². The maximum absolute atomic E-state index is 4.05. The summed E-state index contributed by atoms with van der Waals surface area (Å²) in [5, 5.41) is 2.21. The van der Waals surface area contributed by atoms with Crippen LogP contribution in [-0.2, 0) is 5.54 Å². The smallest absolute Gasteiger partial charge is 0.112 e. The second-order valence-electron chi connectivity index (χ2n) is 9.53. The fourth-order valence-electron chi connectivity index (χ4n) is 4.97. The number of anilines is 2. The number of nitrogens with zero attached hydrogens (tertiary/aromatic N) is 1. The molecule has 1 N–H and O–H groups in total. The van der Waals surface area contributed by atoms with Gasteiger partial charge in [0.2, 0.25) is 0 Å². The highest BCUT2D eigenvalue weighted by Crippen LogP contribution is 2.40. The minimum absolute atomic E-state index is 0.523. The van der Waals surface area contributed by atoms with Crippen molar-refractivity contribution in [2.24, 2.45) is 0 Å². The first-order chi connectivity index (χ1) is 18.2. The summed E-state index contributed by atoms with van der Waals surface area (Å²) in [5.41, 5.74) is 10.5. The van der Waals surface area contributed by atoms with Crippen molar-refractivity contribution in [1.82, 2.24) is 5.43 Å². The number of hydrogen-bond donors (Lipinski definition) is 1. The molecule has 0 radical (unpaired) electrons. The lowest BCUT2D eigenvalue weighted by Gasteiger charge is -2.42. The molecule has 5 rings (SSSR count). The van der Waals surface area contributed by atoms with E-state index in [4.69, 9.17) is 0 Å². The molecule has 0 saturated carbocycles. The average Bonchev–Trinajstić information content (AvgIpc) is 2.99. The Morgan fingerprint density at radius 3 is 1.32 bits per heavy atom. The number of para-hydroxylation sites is 2. The summed E-state index contributed by atoms with van der Waals surface area (Å²) in [6.45, 7) is 4.54. The fourth-order valence-corrected chi connectivity index (χ4v) is 4.97. The summed E-state index contributed by atoms with van der Waals surface area (Å²) in [6.07, 6.45) is 1.12. The van der Waals surface area contributed by atoms with E-state index in [0.717, 1.165) is 17.8 Å². The van der Waals surface area contributed by atoms with Crippen LogP contribution in [-0.4, -0.2) is 0 Å². The Morgan fingerprint density at radius 1 is 0.541 bits per heavy atom. The van der Waals surface area contributed by atoms with Crippen LogP contribution in [0.4, 0.5) is 11.4 Å². The predicted molar refractivity (Wildman–Crippen MR) is 156 cm³/mol. The van der Waals surface area contributed by atoms with Gasteiger partial charge in [0, 0.05) is 0 Å². The predicted octanol–water partition coefficient (Wildman–Crippen LogP) is 8.83. The van der Waals surface area contributed by atoms with Crippen molar-refractivity contribution >= 4 is 11.4 Å². The molecule has 0 saturated heterocycles. The Kier molecular flexibility index (Phi) is 7.49. The highest BCUT2D eigenvalue weighted by molar-refractivity contribution is 5.64. The lowest BCUT2D eigenvalue weighted by atomic mass is 9.77. The van der Waals surface area contributed by atoms with E-state index in [9.17, 15) is 0 Å². The molecular weight excluding hydrogens is 448 g/mol. The van der Waals surface area contributed by atoms with Crippen LogP contribution in [0, 0.1) is 0 Å². The topological polar surface area (TPSA) is 15.3 Å². The first kappa shape index (κ1) is 24.5. The fraction of sp³-hybridized carbons (Fsp3) is 0.143. The number of nitrogens with one attached hydrogen (secondary N) is 1. The van der Waals surface area contributed by atoms with Gasteiger partial charge in [-0.1, -0.05) is 135 Å². The van der Waals surface area contributed by atoms with Crippen LogP contribution in [0.15, 0.2) is 146 Å². The highest BCUT2D eigenvalue weighted by Gasteiger charge is 2.38. The van der Waals surface area contributed by atoms with E-state index in [1.165, 1.54) is 22.3 Å². The van der Waals surface area contributed by atoms with Gasteiger partial charge in [-0.2, -0.15) is 0 Å². The molecule has 0 heterocycles. The summed E-state index contributed by atoms with van der Waals surface area (Å²) in [6, 6.07) is 51.7. The molecule has 0 aliphatic carbocycles. The Balaban J connectivity index is 1.76. The highest BCUT2D eigenvalue weighted by atomic mass is 15.5. The maximum Gasteiger partial charge on any atom is 0.112 e. The van der Waals surface area contributed by atoms with E-state index in [2.05, 4.69) is 170 Å². The van der Waals surface area contributed by atoms with Crippen LogP contribution in [0.5, 0.6) is 0 Å². The van der Waals surface area contributed by atoms with Gasteiger partial charge < -0.3 is 0 Å². The molecule has 37 heavy (non-hydrogen) atoms. The molecule has 0 aromatic heterocycles. The van der Waals surface area contributed by atoms with Crippen molar-refractivity contribution in [2.45, 2.75) is 31.7 Å². The quantitative estimate of drug-likeness (QED) is 0.167. The van der Waals surface area contributed by atoms with Crippen LogP contribution in [0.3, 0.4) is 0 Å². The molecule has 0 fully saturated rings. The minimum atomic E-state index is -0.637. The van der Waals surface area contributed by atoms with Crippen molar-refractivity contribution in [1.29, 1.82) is 0 Å². The van der Waals surface area contributed by atoms with Crippen LogP contribution < -0.4 is 10.4 Å². The molecule has 1 atom stereocenters. The third-order valence-corrected chi connectivity index (χ3v) is 7.25. The normalized spacial score (nSPS) is 12.2. The first-order valence-corrected chi connectivity index (χ1v) is 13.1. The van der Waals surface area contributed by atoms with Crippen LogP contribution in [0.25, 0.3) is 0 Å². The van der Waals surface area contributed by atoms with Gasteiger partial charge in [-0.05, 0) is 58.9 Å². The lowest BCUT2D eigenvalue weighted by molar-refractivity contribution is 0.479. The number of rotatable bonds is 9. The molecule has 5 aromatic carbocycles.